The second-order valence-corrected chi connectivity index (χ2v) is 5.64. The van der Waals surface area contributed by atoms with Crippen molar-refractivity contribution < 1.29 is 9.59 Å². The molecule has 102 valence electrons. The zero-order valence-electron chi connectivity index (χ0n) is 11.1. The third kappa shape index (κ3) is 2.98. The van der Waals surface area contributed by atoms with Crippen LogP contribution in [0.15, 0.2) is 30.3 Å². The molecule has 0 bridgehead atoms. The summed E-state index contributed by atoms with van der Waals surface area (Å²) in [5.74, 6) is 0.285. The van der Waals surface area contributed by atoms with Gasteiger partial charge in [0.1, 0.15) is 0 Å². The lowest BCUT2D eigenvalue weighted by Crippen LogP contribution is -2.49. The molecule has 0 radical (unpaired) electrons. The van der Waals surface area contributed by atoms with Crippen LogP contribution in [0, 0.1) is 0 Å². The van der Waals surface area contributed by atoms with Gasteiger partial charge in [-0.2, -0.15) is 0 Å². The van der Waals surface area contributed by atoms with Gasteiger partial charge >= 0.3 is 0 Å². The Hall–Kier alpha value is -1.35. The van der Waals surface area contributed by atoms with Crippen molar-refractivity contribution in [1.29, 1.82) is 0 Å². The second kappa shape index (κ2) is 5.74. The van der Waals surface area contributed by atoms with E-state index >= 15 is 0 Å². The lowest BCUT2D eigenvalue weighted by Gasteiger charge is -2.37. The van der Waals surface area contributed by atoms with Gasteiger partial charge in [-0.1, -0.05) is 37.3 Å². The monoisotopic (exact) mass is 279 g/mol. The van der Waals surface area contributed by atoms with E-state index < -0.39 is 0 Å². The Labute approximate surface area is 118 Å². The number of piperidine rings is 1. The molecule has 1 fully saturated rings. The first-order chi connectivity index (χ1) is 9.07. The Balaban J connectivity index is 2.17. The molecule has 4 heteroatoms. The lowest BCUT2D eigenvalue weighted by molar-refractivity contribution is -0.150. The number of benzene rings is 1. The molecule has 1 heterocycles. The van der Waals surface area contributed by atoms with Crippen molar-refractivity contribution in [3.8, 4) is 0 Å². The first-order valence-electron chi connectivity index (χ1n) is 6.51. The van der Waals surface area contributed by atoms with Crippen LogP contribution < -0.4 is 0 Å². The van der Waals surface area contributed by atoms with E-state index in [-0.39, 0.29) is 17.2 Å². The SMILES string of the molecule is CC1(c2ccccc2)CC(=O)N(CCCCl)C(=O)C1. The Morgan fingerprint density at radius 2 is 1.74 bits per heavy atom. The average Bonchev–Trinajstić information content (AvgIpc) is 2.39. The minimum Gasteiger partial charge on any atom is -0.283 e. The predicted octanol–water partition coefficient (Wildman–Crippen LogP) is 2.72. The van der Waals surface area contributed by atoms with Gasteiger partial charge in [0.2, 0.25) is 11.8 Å². The van der Waals surface area contributed by atoms with Crippen LogP contribution >= 0.6 is 11.6 Å². The number of carbonyl (C=O) groups is 2. The number of halogens is 1. The maximum Gasteiger partial charge on any atom is 0.230 e. The molecular formula is C15H18ClNO2. The zero-order chi connectivity index (χ0) is 13.9. The fraction of sp³-hybridized carbons (Fsp3) is 0.467. The van der Waals surface area contributed by atoms with Crippen molar-refractivity contribution in [3.05, 3.63) is 35.9 Å². The van der Waals surface area contributed by atoms with Crippen LogP contribution in [0.3, 0.4) is 0 Å². The van der Waals surface area contributed by atoms with Crippen LogP contribution in [0.25, 0.3) is 0 Å². The number of hydrogen-bond donors (Lipinski definition) is 0. The lowest BCUT2D eigenvalue weighted by atomic mass is 9.74. The second-order valence-electron chi connectivity index (χ2n) is 5.26. The number of amides is 2. The van der Waals surface area contributed by atoms with Crippen LogP contribution in [0.1, 0.15) is 31.7 Å². The number of alkyl halides is 1. The molecule has 1 aliphatic rings. The summed E-state index contributed by atoms with van der Waals surface area (Å²) in [4.78, 5) is 25.7. The van der Waals surface area contributed by atoms with Crippen molar-refractivity contribution in [2.24, 2.45) is 0 Å². The van der Waals surface area contributed by atoms with Gasteiger partial charge in [0.05, 0.1) is 0 Å². The molecule has 19 heavy (non-hydrogen) atoms. The van der Waals surface area contributed by atoms with Gasteiger partial charge < -0.3 is 0 Å². The van der Waals surface area contributed by atoms with E-state index in [0.717, 1.165) is 5.56 Å². The molecular weight excluding hydrogens is 262 g/mol. The minimum absolute atomic E-state index is 0.0901. The maximum absolute atomic E-state index is 12.2. The van der Waals surface area contributed by atoms with E-state index in [1.54, 1.807) is 0 Å². The summed E-state index contributed by atoms with van der Waals surface area (Å²) >= 11 is 5.62. The molecule has 0 spiro atoms. The average molecular weight is 280 g/mol. The Kier molecular flexibility index (Phi) is 4.25. The van der Waals surface area contributed by atoms with Crippen molar-refractivity contribution in [2.45, 2.75) is 31.6 Å². The van der Waals surface area contributed by atoms with Gasteiger partial charge in [0.25, 0.3) is 0 Å². The summed E-state index contributed by atoms with van der Waals surface area (Å²) in [5, 5.41) is 0. The van der Waals surface area contributed by atoms with E-state index in [1.807, 2.05) is 37.3 Å². The molecule has 3 nitrogen and oxygen atoms in total. The molecule has 1 aliphatic heterocycles. The number of hydrogen-bond acceptors (Lipinski definition) is 2. The third-order valence-electron chi connectivity index (χ3n) is 3.67. The van der Waals surface area contributed by atoms with Crippen LogP contribution in [0.5, 0.6) is 0 Å². The van der Waals surface area contributed by atoms with Crippen LogP contribution in [-0.4, -0.2) is 29.1 Å². The Bertz CT molecular complexity index is 454. The van der Waals surface area contributed by atoms with Gasteiger partial charge in [-0.25, -0.2) is 0 Å². The summed E-state index contributed by atoms with van der Waals surface area (Å²) in [6.45, 7) is 2.42. The van der Waals surface area contributed by atoms with E-state index in [9.17, 15) is 9.59 Å². The molecule has 0 saturated carbocycles. The minimum atomic E-state index is -0.382. The Morgan fingerprint density at radius 1 is 1.16 bits per heavy atom. The van der Waals surface area contributed by atoms with E-state index in [1.165, 1.54) is 4.90 Å². The fourth-order valence-corrected chi connectivity index (χ4v) is 2.69. The molecule has 1 aromatic rings. The van der Waals surface area contributed by atoms with Crippen LogP contribution in [0.4, 0.5) is 0 Å². The topological polar surface area (TPSA) is 37.4 Å². The van der Waals surface area contributed by atoms with Gasteiger partial charge in [-0.3, -0.25) is 14.5 Å². The van der Waals surface area contributed by atoms with Gasteiger partial charge in [0.15, 0.2) is 0 Å². The molecule has 1 aromatic carbocycles. The summed E-state index contributed by atoms with van der Waals surface area (Å²) in [5.41, 5.74) is 0.668. The standard InChI is InChI=1S/C15H18ClNO2/c1-15(12-6-3-2-4-7-12)10-13(18)17(9-5-8-16)14(19)11-15/h2-4,6-7H,5,8-11H2,1H3. The molecule has 0 unspecified atom stereocenters. The van der Waals surface area contributed by atoms with Crippen molar-refractivity contribution in [1.82, 2.24) is 4.90 Å². The molecule has 0 atom stereocenters. The normalized spacial score (nSPS) is 18.7. The highest BCUT2D eigenvalue weighted by Crippen LogP contribution is 2.36. The molecule has 2 amide bonds. The summed E-state index contributed by atoms with van der Waals surface area (Å²) in [6.07, 6.45) is 1.41. The maximum atomic E-state index is 12.2. The smallest absolute Gasteiger partial charge is 0.230 e. The molecule has 1 saturated heterocycles. The zero-order valence-corrected chi connectivity index (χ0v) is 11.8. The highest BCUT2D eigenvalue weighted by Gasteiger charge is 2.41. The molecule has 0 aromatic heterocycles. The molecule has 0 N–H and O–H groups in total. The van der Waals surface area contributed by atoms with Crippen LogP contribution in [-0.2, 0) is 15.0 Å². The largest absolute Gasteiger partial charge is 0.283 e. The van der Waals surface area contributed by atoms with Gasteiger partial charge in [-0.05, 0) is 12.0 Å². The number of likely N-dealkylation sites (tertiary alicyclic amines) is 1. The Morgan fingerprint density at radius 3 is 2.26 bits per heavy atom. The number of rotatable bonds is 4. The van der Waals surface area contributed by atoms with Crippen molar-refractivity contribution in [2.75, 3.05) is 12.4 Å². The molecule has 0 aliphatic carbocycles. The van der Waals surface area contributed by atoms with Crippen molar-refractivity contribution >= 4 is 23.4 Å². The van der Waals surface area contributed by atoms with Crippen molar-refractivity contribution in [3.63, 3.8) is 0 Å². The highest BCUT2D eigenvalue weighted by molar-refractivity contribution is 6.17. The predicted molar refractivity (Wildman–Crippen MR) is 75.1 cm³/mol. The third-order valence-corrected chi connectivity index (χ3v) is 3.94. The summed E-state index contributed by atoms with van der Waals surface area (Å²) < 4.78 is 0. The van der Waals surface area contributed by atoms with E-state index in [4.69, 9.17) is 11.6 Å². The van der Waals surface area contributed by atoms with E-state index in [0.29, 0.717) is 31.7 Å². The van der Waals surface area contributed by atoms with Crippen LogP contribution in [0.2, 0.25) is 0 Å². The summed E-state index contributed by atoms with van der Waals surface area (Å²) in [7, 11) is 0. The van der Waals surface area contributed by atoms with Gasteiger partial charge in [0, 0.05) is 30.7 Å². The first kappa shape index (κ1) is 14.1. The van der Waals surface area contributed by atoms with Gasteiger partial charge in [-0.15, -0.1) is 11.6 Å². The number of carbonyl (C=O) groups excluding carboxylic acids is 2. The summed E-state index contributed by atoms with van der Waals surface area (Å²) in [6, 6.07) is 9.78. The fourth-order valence-electron chi connectivity index (χ4n) is 2.57. The first-order valence-corrected chi connectivity index (χ1v) is 7.05. The highest BCUT2D eigenvalue weighted by atomic mass is 35.5. The quantitative estimate of drug-likeness (QED) is 0.628. The number of nitrogens with zero attached hydrogens (tertiary/aromatic N) is 1. The van der Waals surface area contributed by atoms with E-state index in [2.05, 4.69) is 0 Å². The molecule has 2 rings (SSSR count). The number of imide groups is 1.